The van der Waals surface area contributed by atoms with Gasteiger partial charge in [0.1, 0.15) is 5.75 Å². The van der Waals surface area contributed by atoms with Crippen molar-refractivity contribution in [1.29, 1.82) is 0 Å². The van der Waals surface area contributed by atoms with Crippen molar-refractivity contribution in [2.24, 2.45) is 0 Å². The number of methoxy groups -OCH3 is 1. The third-order valence-electron chi connectivity index (χ3n) is 2.98. The average molecular weight is 243 g/mol. The molecular weight excluding hydrogens is 226 g/mol. The summed E-state index contributed by atoms with van der Waals surface area (Å²) in [5, 5.41) is 10.2. The topological polar surface area (TPSA) is 42.4 Å². The zero-order chi connectivity index (χ0) is 13.0. The van der Waals surface area contributed by atoms with E-state index in [1.165, 1.54) is 0 Å². The van der Waals surface area contributed by atoms with E-state index in [-0.39, 0.29) is 0 Å². The number of nitrogens with zero attached hydrogens (tertiary/aromatic N) is 1. The number of hydrogen-bond donors (Lipinski definition) is 1. The van der Waals surface area contributed by atoms with Crippen LogP contribution in [-0.2, 0) is 6.42 Å². The Hall–Kier alpha value is -1.87. The molecule has 0 saturated heterocycles. The first kappa shape index (κ1) is 12.6. The second kappa shape index (κ2) is 5.65. The van der Waals surface area contributed by atoms with Crippen LogP contribution in [0.5, 0.6) is 5.75 Å². The molecule has 3 nitrogen and oxygen atoms in total. The molecule has 0 aliphatic rings. The van der Waals surface area contributed by atoms with Crippen molar-refractivity contribution in [2.45, 2.75) is 19.4 Å². The fourth-order valence-corrected chi connectivity index (χ4v) is 1.88. The molecule has 0 bridgehead atoms. The lowest BCUT2D eigenvalue weighted by Crippen LogP contribution is -2.05. The van der Waals surface area contributed by atoms with Gasteiger partial charge >= 0.3 is 0 Å². The van der Waals surface area contributed by atoms with Crippen LogP contribution in [0.15, 0.2) is 42.6 Å². The number of hydrogen-bond acceptors (Lipinski definition) is 3. The van der Waals surface area contributed by atoms with Gasteiger partial charge in [0.25, 0.3) is 0 Å². The summed E-state index contributed by atoms with van der Waals surface area (Å²) in [4.78, 5) is 4.30. The Morgan fingerprint density at radius 1 is 1.28 bits per heavy atom. The number of aliphatic hydroxyl groups excluding tert-OH is 1. The number of ether oxygens (including phenoxy) is 1. The molecule has 0 amide bonds. The highest BCUT2D eigenvalue weighted by molar-refractivity contribution is 5.31. The molecule has 3 heteroatoms. The Balaban J connectivity index is 2.16. The van der Waals surface area contributed by atoms with Gasteiger partial charge < -0.3 is 9.84 Å². The quantitative estimate of drug-likeness (QED) is 0.897. The van der Waals surface area contributed by atoms with E-state index in [2.05, 4.69) is 4.98 Å². The first-order valence-corrected chi connectivity index (χ1v) is 5.93. The zero-order valence-corrected chi connectivity index (χ0v) is 10.6. The number of pyridine rings is 1. The van der Waals surface area contributed by atoms with Crippen molar-refractivity contribution in [2.75, 3.05) is 7.11 Å². The van der Waals surface area contributed by atoms with Gasteiger partial charge in [-0.1, -0.05) is 18.2 Å². The van der Waals surface area contributed by atoms with Crippen LogP contribution in [0.25, 0.3) is 0 Å². The normalized spacial score (nSPS) is 12.2. The van der Waals surface area contributed by atoms with Crippen LogP contribution < -0.4 is 4.74 Å². The van der Waals surface area contributed by atoms with Gasteiger partial charge in [-0.15, -0.1) is 0 Å². The van der Waals surface area contributed by atoms with Crippen molar-refractivity contribution in [3.63, 3.8) is 0 Å². The van der Waals surface area contributed by atoms with Crippen LogP contribution in [-0.4, -0.2) is 17.2 Å². The van der Waals surface area contributed by atoms with Crippen molar-refractivity contribution in [3.05, 3.63) is 59.4 Å². The van der Waals surface area contributed by atoms with E-state index in [1.807, 2.05) is 43.3 Å². The zero-order valence-electron chi connectivity index (χ0n) is 10.6. The van der Waals surface area contributed by atoms with E-state index >= 15 is 0 Å². The van der Waals surface area contributed by atoms with Crippen LogP contribution in [0.2, 0.25) is 0 Å². The van der Waals surface area contributed by atoms with E-state index in [9.17, 15) is 5.11 Å². The molecule has 1 unspecified atom stereocenters. The molecule has 0 fully saturated rings. The highest BCUT2D eigenvalue weighted by Gasteiger charge is 2.11. The number of aryl methyl sites for hydroxylation is 1. The van der Waals surface area contributed by atoms with E-state index in [4.69, 9.17) is 4.74 Å². The fraction of sp³-hybridized carbons (Fsp3) is 0.267. The Morgan fingerprint density at radius 2 is 2.11 bits per heavy atom. The number of benzene rings is 1. The first-order chi connectivity index (χ1) is 8.70. The summed E-state index contributed by atoms with van der Waals surface area (Å²) in [5.74, 6) is 0.754. The number of rotatable bonds is 4. The van der Waals surface area contributed by atoms with Crippen LogP contribution in [0.4, 0.5) is 0 Å². The van der Waals surface area contributed by atoms with Crippen LogP contribution >= 0.6 is 0 Å². The smallest absolute Gasteiger partial charge is 0.119 e. The van der Waals surface area contributed by atoms with Gasteiger partial charge in [-0.2, -0.15) is 0 Å². The summed E-state index contributed by atoms with van der Waals surface area (Å²) < 4.78 is 5.15. The maximum atomic E-state index is 10.2. The summed E-state index contributed by atoms with van der Waals surface area (Å²) in [6.45, 7) is 2.00. The van der Waals surface area contributed by atoms with Crippen molar-refractivity contribution >= 4 is 0 Å². The van der Waals surface area contributed by atoms with Crippen molar-refractivity contribution < 1.29 is 9.84 Å². The molecule has 0 aliphatic heterocycles. The van der Waals surface area contributed by atoms with Gasteiger partial charge in [0.2, 0.25) is 0 Å². The van der Waals surface area contributed by atoms with E-state index in [1.54, 1.807) is 13.3 Å². The lowest BCUT2D eigenvalue weighted by Gasteiger charge is -2.13. The molecular formula is C15H17NO2. The van der Waals surface area contributed by atoms with Crippen molar-refractivity contribution in [1.82, 2.24) is 4.98 Å². The molecule has 0 saturated carbocycles. The molecule has 0 aliphatic carbocycles. The standard InChI is InChI=1S/C15H17NO2/c1-11-5-4-8-16-14(11)10-15(17)12-6-3-7-13(9-12)18-2/h3-9,15,17H,10H2,1-2H3. The third-order valence-corrected chi connectivity index (χ3v) is 2.98. The Labute approximate surface area is 107 Å². The van der Waals surface area contributed by atoms with Gasteiger partial charge in [0, 0.05) is 18.3 Å². The fourth-order valence-electron chi connectivity index (χ4n) is 1.88. The predicted molar refractivity (Wildman–Crippen MR) is 70.6 cm³/mol. The Morgan fingerprint density at radius 3 is 2.83 bits per heavy atom. The average Bonchev–Trinajstić information content (AvgIpc) is 2.41. The van der Waals surface area contributed by atoms with Crippen molar-refractivity contribution in [3.8, 4) is 5.75 Å². The molecule has 1 atom stereocenters. The Bertz CT molecular complexity index is 525. The van der Waals surface area contributed by atoms with Gasteiger partial charge in [-0.05, 0) is 36.2 Å². The van der Waals surface area contributed by atoms with Gasteiger partial charge in [0.05, 0.1) is 13.2 Å². The highest BCUT2D eigenvalue weighted by Crippen LogP contribution is 2.22. The van der Waals surface area contributed by atoms with Crippen LogP contribution in [0.3, 0.4) is 0 Å². The molecule has 1 N–H and O–H groups in total. The molecule has 1 aromatic carbocycles. The van der Waals surface area contributed by atoms with Gasteiger partial charge in [0.15, 0.2) is 0 Å². The van der Waals surface area contributed by atoms with E-state index in [0.29, 0.717) is 6.42 Å². The van der Waals surface area contributed by atoms with Gasteiger partial charge in [-0.3, -0.25) is 4.98 Å². The monoisotopic (exact) mass is 243 g/mol. The van der Waals surface area contributed by atoms with E-state index in [0.717, 1.165) is 22.6 Å². The first-order valence-electron chi connectivity index (χ1n) is 5.93. The number of aliphatic hydroxyl groups is 1. The second-order valence-electron chi connectivity index (χ2n) is 4.26. The lowest BCUT2D eigenvalue weighted by molar-refractivity contribution is 0.176. The SMILES string of the molecule is COc1cccc(C(O)Cc2ncccc2C)c1. The summed E-state index contributed by atoms with van der Waals surface area (Å²) in [5.41, 5.74) is 2.87. The Kier molecular flexibility index (Phi) is 3.95. The summed E-state index contributed by atoms with van der Waals surface area (Å²) in [7, 11) is 1.62. The molecule has 2 aromatic rings. The third kappa shape index (κ3) is 2.87. The van der Waals surface area contributed by atoms with Crippen LogP contribution in [0, 0.1) is 6.92 Å². The minimum atomic E-state index is -0.561. The molecule has 1 aromatic heterocycles. The highest BCUT2D eigenvalue weighted by atomic mass is 16.5. The summed E-state index contributed by atoms with van der Waals surface area (Å²) in [6, 6.07) is 11.4. The summed E-state index contributed by atoms with van der Waals surface area (Å²) >= 11 is 0. The van der Waals surface area contributed by atoms with Gasteiger partial charge in [-0.25, -0.2) is 0 Å². The summed E-state index contributed by atoms with van der Waals surface area (Å²) in [6.07, 6.45) is 1.70. The largest absolute Gasteiger partial charge is 0.497 e. The molecule has 2 rings (SSSR count). The molecule has 0 spiro atoms. The van der Waals surface area contributed by atoms with Crippen LogP contribution in [0.1, 0.15) is 22.9 Å². The molecule has 0 radical (unpaired) electrons. The molecule has 1 heterocycles. The maximum absolute atomic E-state index is 10.2. The van der Waals surface area contributed by atoms with E-state index < -0.39 is 6.10 Å². The minimum absolute atomic E-state index is 0.514. The minimum Gasteiger partial charge on any atom is -0.497 e. The second-order valence-corrected chi connectivity index (χ2v) is 4.26. The molecule has 18 heavy (non-hydrogen) atoms. The molecule has 94 valence electrons. The maximum Gasteiger partial charge on any atom is 0.119 e. The predicted octanol–water partition coefficient (Wildman–Crippen LogP) is 2.67. The number of aromatic nitrogens is 1. The lowest BCUT2D eigenvalue weighted by atomic mass is 10.0.